The van der Waals surface area contributed by atoms with Gasteiger partial charge in [-0.2, -0.15) is 15.3 Å². The van der Waals surface area contributed by atoms with Crippen LogP contribution in [-0.4, -0.2) is 20.4 Å². The maximum atomic E-state index is 11.1. The molecule has 0 aliphatic rings. The molecule has 0 spiro atoms. The zero-order valence-corrected chi connectivity index (χ0v) is 6.54. The highest BCUT2D eigenvalue weighted by molar-refractivity contribution is 6.33. The first-order chi connectivity index (χ1) is 5.79. The fraction of sp³-hybridized carbons (Fsp3) is 0. The zero-order valence-electron chi connectivity index (χ0n) is 5.78. The van der Waals surface area contributed by atoms with Gasteiger partial charge in [-0.3, -0.25) is 4.79 Å². The average molecular weight is 183 g/mol. The van der Waals surface area contributed by atoms with Crippen LogP contribution in [0, 0.1) is 0 Å². The van der Waals surface area contributed by atoms with Gasteiger partial charge in [-0.05, 0) is 0 Å². The average Bonchev–Trinajstić information content (AvgIpc) is 2.12. The Morgan fingerprint density at radius 3 is 2.58 bits per heavy atom. The van der Waals surface area contributed by atoms with Gasteiger partial charge in [0, 0.05) is 5.39 Å². The minimum Gasteiger partial charge on any atom is -0.267 e. The number of hydrogen-bond donors (Lipinski definition) is 1. The van der Waals surface area contributed by atoms with E-state index in [0.29, 0.717) is 10.8 Å². The van der Waals surface area contributed by atoms with E-state index in [2.05, 4.69) is 20.4 Å². The number of nitrogens with one attached hydrogen (secondary N) is 1. The van der Waals surface area contributed by atoms with Gasteiger partial charge in [0.2, 0.25) is 0 Å². The fourth-order valence-corrected chi connectivity index (χ4v) is 1.08. The summed E-state index contributed by atoms with van der Waals surface area (Å²) in [6.45, 7) is 0. The third-order valence-corrected chi connectivity index (χ3v) is 1.74. The molecule has 5 nitrogen and oxygen atoms in total. The monoisotopic (exact) mass is 182 g/mol. The van der Waals surface area contributed by atoms with E-state index in [1.807, 2.05) is 0 Å². The number of nitrogens with zero attached hydrogens (tertiary/aromatic N) is 3. The van der Waals surface area contributed by atoms with E-state index < -0.39 is 0 Å². The molecule has 12 heavy (non-hydrogen) atoms. The van der Waals surface area contributed by atoms with Crippen molar-refractivity contribution in [3.05, 3.63) is 27.9 Å². The molecule has 2 aromatic heterocycles. The second-order valence-corrected chi connectivity index (χ2v) is 2.52. The van der Waals surface area contributed by atoms with E-state index in [1.165, 1.54) is 12.4 Å². The number of H-pyrrole nitrogens is 1. The summed E-state index contributed by atoms with van der Waals surface area (Å²) >= 11 is 5.68. The van der Waals surface area contributed by atoms with Crippen molar-refractivity contribution in [3.63, 3.8) is 0 Å². The Hall–Kier alpha value is -1.49. The van der Waals surface area contributed by atoms with Gasteiger partial charge in [-0.1, -0.05) is 11.6 Å². The van der Waals surface area contributed by atoms with Crippen molar-refractivity contribution in [1.29, 1.82) is 0 Å². The number of hydrogen-bond acceptors (Lipinski definition) is 4. The molecule has 6 heteroatoms. The van der Waals surface area contributed by atoms with Crippen molar-refractivity contribution in [1.82, 2.24) is 20.4 Å². The summed E-state index contributed by atoms with van der Waals surface area (Å²) in [6.07, 6.45) is 2.75. The maximum absolute atomic E-state index is 11.1. The van der Waals surface area contributed by atoms with Crippen molar-refractivity contribution in [2.24, 2.45) is 0 Å². The Labute approximate surface area is 71.4 Å². The molecule has 60 valence electrons. The summed E-state index contributed by atoms with van der Waals surface area (Å²) in [5, 5.41) is 14.1. The predicted octanol–water partition coefficient (Wildman–Crippen LogP) is 0.366. The molecule has 0 amide bonds. The third kappa shape index (κ3) is 0.947. The highest BCUT2D eigenvalue weighted by atomic mass is 35.5. The predicted molar refractivity (Wildman–Crippen MR) is 43.0 cm³/mol. The highest BCUT2D eigenvalue weighted by Gasteiger charge is 2.03. The van der Waals surface area contributed by atoms with E-state index in [4.69, 9.17) is 11.6 Å². The Morgan fingerprint density at radius 2 is 1.92 bits per heavy atom. The number of rotatable bonds is 0. The molecule has 0 saturated heterocycles. The number of aromatic amines is 1. The van der Waals surface area contributed by atoms with Crippen molar-refractivity contribution in [2.45, 2.75) is 0 Å². The van der Waals surface area contributed by atoms with Gasteiger partial charge in [0.1, 0.15) is 0 Å². The number of fused-ring (bicyclic) bond motifs is 1. The van der Waals surface area contributed by atoms with Gasteiger partial charge in [0.05, 0.1) is 17.8 Å². The van der Waals surface area contributed by atoms with Crippen LogP contribution in [0.2, 0.25) is 5.15 Å². The molecule has 0 aliphatic heterocycles. The fourth-order valence-electron chi connectivity index (χ4n) is 0.887. The van der Waals surface area contributed by atoms with E-state index in [9.17, 15) is 4.79 Å². The van der Waals surface area contributed by atoms with Crippen molar-refractivity contribution >= 4 is 22.4 Å². The lowest BCUT2D eigenvalue weighted by molar-refractivity contribution is 0.990. The summed E-state index contributed by atoms with van der Waals surface area (Å²) in [6, 6.07) is 0. The van der Waals surface area contributed by atoms with Crippen LogP contribution in [0.25, 0.3) is 10.8 Å². The van der Waals surface area contributed by atoms with Gasteiger partial charge < -0.3 is 0 Å². The lowest BCUT2D eigenvalue weighted by Gasteiger charge is -1.94. The van der Waals surface area contributed by atoms with Crippen LogP contribution in [0.5, 0.6) is 0 Å². The Kier molecular flexibility index (Phi) is 1.51. The first-order valence-corrected chi connectivity index (χ1v) is 3.51. The topological polar surface area (TPSA) is 71.5 Å². The normalized spacial score (nSPS) is 10.4. The van der Waals surface area contributed by atoms with E-state index in [-0.39, 0.29) is 10.7 Å². The third-order valence-electron chi connectivity index (χ3n) is 1.45. The van der Waals surface area contributed by atoms with Gasteiger partial charge in [-0.15, -0.1) is 0 Å². The molecule has 0 bridgehead atoms. The first-order valence-electron chi connectivity index (χ1n) is 3.13. The van der Waals surface area contributed by atoms with Crippen LogP contribution in [0.15, 0.2) is 17.2 Å². The quantitative estimate of drug-likeness (QED) is 0.639. The second kappa shape index (κ2) is 2.53. The second-order valence-electron chi connectivity index (χ2n) is 2.16. The van der Waals surface area contributed by atoms with Crippen LogP contribution in [-0.2, 0) is 0 Å². The van der Waals surface area contributed by atoms with Gasteiger partial charge in [0.15, 0.2) is 5.15 Å². The molecule has 2 heterocycles. The number of halogens is 1. The molecule has 0 aromatic carbocycles. The standard InChI is InChI=1S/C6H3ClN4O/c7-5-3-1-8-9-2-4(3)6(12)11-10-5/h1-2H,(H,11,12). The summed E-state index contributed by atoms with van der Waals surface area (Å²) in [5.74, 6) is 0. The molecule has 0 saturated carbocycles. The van der Waals surface area contributed by atoms with Crippen molar-refractivity contribution < 1.29 is 0 Å². The van der Waals surface area contributed by atoms with Crippen LogP contribution in [0.3, 0.4) is 0 Å². The molecule has 2 rings (SSSR count). The van der Waals surface area contributed by atoms with Gasteiger partial charge in [0.25, 0.3) is 5.56 Å². The minimum atomic E-state index is -0.315. The summed E-state index contributed by atoms with van der Waals surface area (Å²) < 4.78 is 0. The molecule has 0 atom stereocenters. The Balaban J connectivity index is 3.05. The smallest absolute Gasteiger partial charge is 0.267 e. The number of aromatic nitrogens is 4. The largest absolute Gasteiger partial charge is 0.273 e. The highest BCUT2D eigenvalue weighted by Crippen LogP contribution is 2.13. The molecular formula is C6H3ClN4O. The van der Waals surface area contributed by atoms with Gasteiger partial charge in [-0.25, -0.2) is 5.10 Å². The lowest BCUT2D eigenvalue weighted by Crippen LogP contribution is -2.08. The molecule has 0 unspecified atom stereocenters. The summed E-state index contributed by atoms with van der Waals surface area (Å²) in [5.41, 5.74) is -0.315. The van der Waals surface area contributed by atoms with Crippen LogP contribution >= 0.6 is 11.6 Å². The Bertz CT molecular complexity index is 480. The molecule has 0 fully saturated rings. The van der Waals surface area contributed by atoms with Crippen LogP contribution in [0.4, 0.5) is 0 Å². The maximum Gasteiger partial charge on any atom is 0.273 e. The zero-order chi connectivity index (χ0) is 8.55. The SMILES string of the molecule is O=c1[nH]nc(Cl)c2cnncc12. The van der Waals surface area contributed by atoms with Crippen LogP contribution in [0.1, 0.15) is 0 Å². The van der Waals surface area contributed by atoms with Crippen molar-refractivity contribution in [3.8, 4) is 0 Å². The van der Waals surface area contributed by atoms with Gasteiger partial charge >= 0.3 is 0 Å². The minimum absolute atomic E-state index is 0.222. The summed E-state index contributed by atoms with van der Waals surface area (Å²) in [4.78, 5) is 11.1. The van der Waals surface area contributed by atoms with Crippen molar-refractivity contribution in [2.75, 3.05) is 0 Å². The summed E-state index contributed by atoms with van der Waals surface area (Å²) in [7, 11) is 0. The first kappa shape index (κ1) is 7.17. The molecule has 0 aliphatic carbocycles. The van der Waals surface area contributed by atoms with E-state index in [1.54, 1.807) is 0 Å². The molecular weight excluding hydrogens is 180 g/mol. The molecule has 0 radical (unpaired) electrons. The van der Waals surface area contributed by atoms with E-state index >= 15 is 0 Å². The van der Waals surface area contributed by atoms with Crippen LogP contribution < -0.4 is 5.56 Å². The molecule has 2 aromatic rings. The lowest BCUT2D eigenvalue weighted by atomic mass is 10.3. The van der Waals surface area contributed by atoms with E-state index in [0.717, 1.165) is 0 Å². The molecule has 1 N–H and O–H groups in total. The Morgan fingerprint density at radius 1 is 1.25 bits per heavy atom.